The molecule has 1 aliphatic heterocycles. The predicted molar refractivity (Wildman–Crippen MR) is 159 cm³/mol. The van der Waals surface area contributed by atoms with Crippen molar-refractivity contribution >= 4 is 29.1 Å². The van der Waals surface area contributed by atoms with Crippen molar-refractivity contribution in [2.75, 3.05) is 20.3 Å². The van der Waals surface area contributed by atoms with E-state index in [9.17, 15) is 9.59 Å². The Labute approximate surface area is 241 Å². The molecule has 0 bridgehead atoms. The van der Waals surface area contributed by atoms with Gasteiger partial charge in [0.15, 0.2) is 22.9 Å². The maximum absolute atomic E-state index is 14.0. The van der Waals surface area contributed by atoms with Crippen molar-refractivity contribution in [1.29, 1.82) is 0 Å². The fourth-order valence-corrected chi connectivity index (χ4v) is 6.42. The Balaban J connectivity index is 1.48. The van der Waals surface area contributed by atoms with Gasteiger partial charge < -0.3 is 14.2 Å². The lowest BCUT2D eigenvalue weighted by Gasteiger charge is -2.30. The van der Waals surface area contributed by atoms with Crippen LogP contribution in [0.1, 0.15) is 47.2 Å². The SMILES string of the molecule is CCOc1cc(C=c2sc3n(c2=O)C(c2ccc(C)cc2)C2=C(N=3)c3ccccc3CC2)ccc1OCC(=O)OC. The summed E-state index contributed by atoms with van der Waals surface area (Å²) in [6.45, 7) is 4.14. The number of ether oxygens (including phenoxy) is 3. The van der Waals surface area contributed by atoms with Crippen LogP contribution in [0.4, 0.5) is 0 Å². The molecule has 7 nitrogen and oxygen atoms in total. The molecule has 0 saturated heterocycles. The van der Waals surface area contributed by atoms with Crippen molar-refractivity contribution in [2.45, 2.75) is 32.7 Å². The van der Waals surface area contributed by atoms with Gasteiger partial charge in [0.05, 0.1) is 30.0 Å². The quantitative estimate of drug-likeness (QED) is 0.306. The summed E-state index contributed by atoms with van der Waals surface area (Å²) in [5.74, 6) is 0.440. The highest BCUT2D eigenvalue weighted by atomic mass is 32.1. The Kier molecular flexibility index (Phi) is 7.32. The first-order valence-corrected chi connectivity index (χ1v) is 14.4. The van der Waals surface area contributed by atoms with Crippen LogP contribution in [0.15, 0.2) is 82.1 Å². The third-order valence-corrected chi connectivity index (χ3v) is 8.39. The lowest BCUT2D eigenvalue weighted by Crippen LogP contribution is -2.38. The number of aromatic nitrogens is 1. The maximum atomic E-state index is 14.0. The highest BCUT2D eigenvalue weighted by Gasteiger charge is 2.32. The molecule has 2 aliphatic rings. The first kappa shape index (κ1) is 26.8. The Bertz CT molecular complexity index is 1850. The molecule has 0 radical (unpaired) electrons. The van der Waals surface area contributed by atoms with Gasteiger partial charge >= 0.3 is 5.97 Å². The zero-order chi connectivity index (χ0) is 28.5. The van der Waals surface area contributed by atoms with Gasteiger partial charge in [-0.1, -0.05) is 71.5 Å². The average molecular weight is 567 g/mol. The minimum absolute atomic E-state index is 0.0753. The van der Waals surface area contributed by atoms with E-state index in [2.05, 4.69) is 60.2 Å². The minimum atomic E-state index is -0.480. The molecule has 0 fully saturated rings. The molecule has 0 saturated carbocycles. The summed E-state index contributed by atoms with van der Waals surface area (Å²) in [7, 11) is 1.31. The second kappa shape index (κ2) is 11.2. The normalized spacial score (nSPS) is 15.9. The second-order valence-electron chi connectivity index (χ2n) is 10.0. The molecule has 208 valence electrons. The van der Waals surface area contributed by atoms with Crippen LogP contribution in [-0.4, -0.2) is 30.9 Å². The van der Waals surface area contributed by atoms with E-state index in [-0.39, 0.29) is 18.2 Å². The van der Waals surface area contributed by atoms with Gasteiger partial charge in [-0.25, -0.2) is 9.79 Å². The molecule has 4 aromatic rings. The van der Waals surface area contributed by atoms with Crippen LogP contribution < -0.4 is 24.4 Å². The van der Waals surface area contributed by atoms with Crippen molar-refractivity contribution < 1.29 is 19.0 Å². The summed E-state index contributed by atoms with van der Waals surface area (Å²) in [4.78, 5) is 31.4. The maximum Gasteiger partial charge on any atom is 0.343 e. The third-order valence-electron chi connectivity index (χ3n) is 7.40. The molecule has 0 N–H and O–H groups in total. The Hall–Kier alpha value is -4.43. The number of methoxy groups -OCH3 is 1. The van der Waals surface area contributed by atoms with Crippen LogP contribution in [0, 0.1) is 6.92 Å². The zero-order valence-electron chi connectivity index (χ0n) is 23.2. The Morgan fingerprint density at radius 3 is 2.63 bits per heavy atom. The highest BCUT2D eigenvalue weighted by Crippen LogP contribution is 2.41. The van der Waals surface area contributed by atoms with Gasteiger partial charge in [-0.15, -0.1) is 0 Å². The van der Waals surface area contributed by atoms with Crippen LogP contribution in [-0.2, 0) is 16.0 Å². The van der Waals surface area contributed by atoms with E-state index in [0.29, 0.717) is 27.4 Å². The van der Waals surface area contributed by atoms with Gasteiger partial charge in [-0.3, -0.25) is 9.36 Å². The number of allylic oxidation sites excluding steroid dienone is 1. The molecule has 41 heavy (non-hydrogen) atoms. The van der Waals surface area contributed by atoms with Crippen LogP contribution in [0.5, 0.6) is 11.5 Å². The number of rotatable bonds is 7. The number of nitrogens with zero attached hydrogens (tertiary/aromatic N) is 2. The number of hydrogen-bond acceptors (Lipinski definition) is 7. The molecule has 1 unspecified atom stereocenters. The number of carbonyl (C=O) groups excluding carboxylic acids is 1. The summed E-state index contributed by atoms with van der Waals surface area (Å²) in [5, 5.41) is 0. The molecule has 6 rings (SSSR count). The molecular weight excluding hydrogens is 536 g/mol. The van der Waals surface area contributed by atoms with E-state index in [1.807, 2.05) is 29.7 Å². The number of hydrogen-bond donors (Lipinski definition) is 0. The number of thiazole rings is 1. The smallest absolute Gasteiger partial charge is 0.343 e. The number of aryl methyl sites for hydroxylation is 2. The lowest BCUT2D eigenvalue weighted by molar-refractivity contribution is -0.142. The van der Waals surface area contributed by atoms with E-state index in [0.717, 1.165) is 35.2 Å². The van der Waals surface area contributed by atoms with E-state index in [1.54, 1.807) is 6.07 Å². The molecule has 1 aromatic heterocycles. The van der Waals surface area contributed by atoms with E-state index in [4.69, 9.17) is 14.5 Å². The van der Waals surface area contributed by atoms with Crippen molar-refractivity contribution in [3.05, 3.63) is 120 Å². The summed E-state index contributed by atoms with van der Waals surface area (Å²) in [6, 6.07) is 22.0. The van der Waals surface area contributed by atoms with Gasteiger partial charge in [0.25, 0.3) is 5.56 Å². The van der Waals surface area contributed by atoms with Crippen LogP contribution in [0.3, 0.4) is 0 Å². The molecule has 2 heterocycles. The molecule has 1 atom stereocenters. The van der Waals surface area contributed by atoms with Gasteiger partial charge in [0, 0.05) is 5.56 Å². The number of fused-ring (bicyclic) bond motifs is 3. The van der Waals surface area contributed by atoms with Gasteiger partial charge in [0.2, 0.25) is 0 Å². The first-order chi connectivity index (χ1) is 20.0. The van der Waals surface area contributed by atoms with Crippen molar-refractivity contribution in [3.8, 4) is 11.5 Å². The predicted octanol–water partition coefficient (Wildman–Crippen LogP) is 4.58. The number of esters is 1. The first-order valence-electron chi connectivity index (χ1n) is 13.6. The summed E-state index contributed by atoms with van der Waals surface area (Å²) in [5.41, 5.74) is 7.55. The topological polar surface area (TPSA) is 79.1 Å². The largest absolute Gasteiger partial charge is 0.490 e. The van der Waals surface area contributed by atoms with E-state index < -0.39 is 5.97 Å². The molecule has 3 aromatic carbocycles. The lowest BCUT2D eigenvalue weighted by atomic mass is 9.83. The average Bonchev–Trinajstić information content (AvgIpc) is 3.30. The molecule has 0 spiro atoms. The number of benzene rings is 3. The molecule has 1 aliphatic carbocycles. The zero-order valence-corrected chi connectivity index (χ0v) is 24.0. The van der Waals surface area contributed by atoms with Crippen LogP contribution >= 0.6 is 11.3 Å². The Morgan fingerprint density at radius 2 is 1.85 bits per heavy atom. The van der Waals surface area contributed by atoms with Crippen molar-refractivity contribution in [1.82, 2.24) is 4.57 Å². The highest BCUT2D eigenvalue weighted by molar-refractivity contribution is 7.07. The van der Waals surface area contributed by atoms with Crippen LogP contribution in [0.25, 0.3) is 11.8 Å². The van der Waals surface area contributed by atoms with Gasteiger partial charge in [0.1, 0.15) is 0 Å². The van der Waals surface area contributed by atoms with Gasteiger partial charge in [-0.05, 0) is 67.2 Å². The van der Waals surface area contributed by atoms with Crippen molar-refractivity contribution in [2.24, 2.45) is 4.99 Å². The summed E-state index contributed by atoms with van der Waals surface area (Å²) >= 11 is 1.39. The third kappa shape index (κ3) is 5.11. The molecule has 8 heteroatoms. The van der Waals surface area contributed by atoms with Crippen LogP contribution in [0.2, 0.25) is 0 Å². The number of carbonyl (C=O) groups is 1. The minimum Gasteiger partial charge on any atom is -0.490 e. The second-order valence-corrected chi connectivity index (χ2v) is 11.0. The summed E-state index contributed by atoms with van der Waals surface area (Å²) < 4.78 is 18.5. The summed E-state index contributed by atoms with van der Waals surface area (Å²) in [6.07, 6.45) is 3.63. The fourth-order valence-electron chi connectivity index (χ4n) is 5.42. The molecular formula is C33H30N2O5S. The van der Waals surface area contributed by atoms with E-state index in [1.165, 1.54) is 35.1 Å². The van der Waals surface area contributed by atoms with Crippen molar-refractivity contribution in [3.63, 3.8) is 0 Å². The monoisotopic (exact) mass is 566 g/mol. The Morgan fingerprint density at radius 1 is 1.05 bits per heavy atom. The standard InChI is InChI=1S/C33H30N2O5S/c1-4-39-27-17-21(11-16-26(27)40-19-29(36)38-3)18-28-32(37)35-31(23-12-9-20(2)10-13-23)25-15-14-22-7-5-6-8-24(22)30(25)34-33(35)41-28/h5-13,16-18,31H,4,14-15,19H2,1-3H3. The van der Waals surface area contributed by atoms with Gasteiger partial charge in [-0.2, -0.15) is 0 Å². The van der Waals surface area contributed by atoms with E-state index >= 15 is 0 Å². The fraction of sp³-hybridized carbons (Fsp3) is 0.242. The molecule has 0 amide bonds.